The van der Waals surface area contributed by atoms with E-state index in [0.717, 1.165) is 30.5 Å². The van der Waals surface area contributed by atoms with Crippen molar-refractivity contribution in [2.45, 2.75) is 19.4 Å². The first-order chi connectivity index (χ1) is 8.66. The molecule has 1 aliphatic rings. The van der Waals surface area contributed by atoms with Gasteiger partial charge in [-0.2, -0.15) is 0 Å². The standard InChI is InChI=1S/C13H16ClN3O/c1-8-7-15-5-4-11(8)17-12-3-2-9(14)6-10(12)16-13(17)18/h2-3,6,8,11,15H,4-5,7H2,1H3,(H,16,18). The number of hydrogen-bond acceptors (Lipinski definition) is 2. The molecule has 0 amide bonds. The third-order valence-electron chi connectivity index (χ3n) is 3.75. The molecule has 1 saturated heterocycles. The van der Waals surface area contributed by atoms with Gasteiger partial charge in [-0.25, -0.2) is 4.79 Å². The van der Waals surface area contributed by atoms with Crippen LogP contribution in [0.4, 0.5) is 0 Å². The first kappa shape index (κ1) is 11.8. The van der Waals surface area contributed by atoms with E-state index in [0.29, 0.717) is 10.9 Å². The van der Waals surface area contributed by atoms with Crippen LogP contribution in [0, 0.1) is 5.92 Å². The second-order valence-corrected chi connectivity index (χ2v) is 5.44. The molecule has 1 aromatic heterocycles. The van der Waals surface area contributed by atoms with Gasteiger partial charge in [0.1, 0.15) is 0 Å². The summed E-state index contributed by atoms with van der Waals surface area (Å²) >= 11 is 5.95. The van der Waals surface area contributed by atoms with Crippen molar-refractivity contribution < 1.29 is 0 Å². The first-order valence-corrected chi connectivity index (χ1v) is 6.65. The van der Waals surface area contributed by atoms with Crippen LogP contribution >= 0.6 is 11.6 Å². The number of nitrogens with zero attached hydrogens (tertiary/aromatic N) is 1. The SMILES string of the molecule is CC1CNCCC1n1c(=O)[nH]c2cc(Cl)ccc21. The molecule has 2 unspecified atom stereocenters. The van der Waals surface area contributed by atoms with Gasteiger partial charge in [-0.3, -0.25) is 4.57 Å². The number of aromatic nitrogens is 2. The average molecular weight is 266 g/mol. The monoisotopic (exact) mass is 265 g/mol. The highest BCUT2D eigenvalue weighted by molar-refractivity contribution is 6.31. The highest BCUT2D eigenvalue weighted by atomic mass is 35.5. The fourth-order valence-electron chi connectivity index (χ4n) is 2.82. The predicted molar refractivity (Wildman–Crippen MR) is 73.3 cm³/mol. The molecule has 2 aromatic rings. The maximum absolute atomic E-state index is 12.1. The van der Waals surface area contributed by atoms with Crippen molar-refractivity contribution in [2.75, 3.05) is 13.1 Å². The van der Waals surface area contributed by atoms with Crippen molar-refractivity contribution in [1.29, 1.82) is 0 Å². The van der Waals surface area contributed by atoms with E-state index in [2.05, 4.69) is 17.2 Å². The molecule has 18 heavy (non-hydrogen) atoms. The largest absolute Gasteiger partial charge is 0.326 e. The lowest BCUT2D eigenvalue weighted by molar-refractivity contribution is 0.274. The second-order valence-electron chi connectivity index (χ2n) is 5.00. The van der Waals surface area contributed by atoms with Crippen LogP contribution in [0.25, 0.3) is 11.0 Å². The number of benzene rings is 1. The summed E-state index contributed by atoms with van der Waals surface area (Å²) in [5.74, 6) is 0.450. The van der Waals surface area contributed by atoms with Crippen LogP contribution in [0.15, 0.2) is 23.0 Å². The number of fused-ring (bicyclic) bond motifs is 1. The molecule has 0 radical (unpaired) electrons. The van der Waals surface area contributed by atoms with Crippen molar-refractivity contribution in [2.24, 2.45) is 5.92 Å². The van der Waals surface area contributed by atoms with Crippen LogP contribution in [-0.4, -0.2) is 22.6 Å². The molecular formula is C13H16ClN3O. The number of hydrogen-bond donors (Lipinski definition) is 2. The zero-order valence-electron chi connectivity index (χ0n) is 10.2. The lowest BCUT2D eigenvalue weighted by atomic mass is 9.95. The Kier molecular flexibility index (Phi) is 2.92. The number of aromatic amines is 1. The summed E-state index contributed by atoms with van der Waals surface area (Å²) in [6.07, 6.45) is 0.983. The van der Waals surface area contributed by atoms with Gasteiger partial charge in [0.05, 0.1) is 11.0 Å². The van der Waals surface area contributed by atoms with Crippen molar-refractivity contribution in [3.63, 3.8) is 0 Å². The van der Waals surface area contributed by atoms with Gasteiger partial charge in [-0.1, -0.05) is 18.5 Å². The van der Waals surface area contributed by atoms with E-state index in [1.54, 1.807) is 6.07 Å². The normalized spacial score (nSPS) is 24.6. The van der Waals surface area contributed by atoms with E-state index in [-0.39, 0.29) is 11.7 Å². The fourth-order valence-corrected chi connectivity index (χ4v) is 2.99. The van der Waals surface area contributed by atoms with Crippen LogP contribution in [0.3, 0.4) is 0 Å². The molecule has 0 aliphatic carbocycles. The molecule has 3 rings (SSSR count). The average Bonchev–Trinajstić information content (AvgIpc) is 2.65. The minimum atomic E-state index is -0.0361. The Morgan fingerprint density at radius 2 is 2.28 bits per heavy atom. The molecule has 5 heteroatoms. The van der Waals surface area contributed by atoms with E-state index in [1.807, 2.05) is 16.7 Å². The van der Waals surface area contributed by atoms with Crippen LogP contribution in [-0.2, 0) is 0 Å². The smallest absolute Gasteiger partial charge is 0.316 e. The van der Waals surface area contributed by atoms with Crippen LogP contribution in [0.5, 0.6) is 0 Å². The van der Waals surface area contributed by atoms with Crippen molar-refractivity contribution in [1.82, 2.24) is 14.9 Å². The van der Waals surface area contributed by atoms with Crippen molar-refractivity contribution in [3.8, 4) is 0 Å². The Bertz CT molecular complexity index is 631. The van der Waals surface area contributed by atoms with Gasteiger partial charge in [0.2, 0.25) is 0 Å². The van der Waals surface area contributed by atoms with Crippen LogP contribution < -0.4 is 11.0 Å². The van der Waals surface area contributed by atoms with Crippen LogP contribution in [0.2, 0.25) is 5.02 Å². The lowest BCUT2D eigenvalue weighted by Gasteiger charge is -2.30. The van der Waals surface area contributed by atoms with Gasteiger partial charge in [0, 0.05) is 11.1 Å². The lowest BCUT2D eigenvalue weighted by Crippen LogP contribution is -2.39. The number of halogens is 1. The summed E-state index contributed by atoms with van der Waals surface area (Å²) in [4.78, 5) is 15.0. The molecule has 1 fully saturated rings. The van der Waals surface area contributed by atoms with Gasteiger partial charge in [-0.05, 0) is 43.6 Å². The van der Waals surface area contributed by atoms with E-state index >= 15 is 0 Å². The van der Waals surface area contributed by atoms with E-state index in [9.17, 15) is 4.79 Å². The van der Waals surface area contributed by atoms with E-state index in [4.69, 9.17) is 11.6 Å². The van der Waals surface area contributed by atoms with E-state index < -0.39 is 0 Å². The molecule has 2 atom stereocenters. The zero-order valence-corrected chi connectivity index (χ0v) is 11.0. The number of piperidine rings is 1. The number of rotatable bonds is 1. The zero-order chi connectivity index (χ0) is 12.7. The molecule has 1 aromatic carbocycles. The summed E-state index contributed by atoms with van der Waals surface area (Å²) in [6.45, 7) is 4.09. The third kappa shape index (κ3) is 1.85. The predicted octanol–water partition coefficient (Wildman–Crippen LogP) is 2.15. The van der Waals surface area contributed by atoms with Crippen LogP contribution in [0.1, 0.15) is 19.4 Å². The van der Waals surface area contributed by atoms with Gasteiger partial charge < -0.3 is 10.3 Å². The van der Waals surface area contributed by atoms with E-state index in [1.165, 1.54) is 0 Å². The maximum Gasteiger partial charge on any atom is 0.326 e. The first-order valence-electron chi connectivity index (χ1n) is 6.27. The van der Waals surface area contributed by atoms with Gasteiger partial charge >= 0.3 is 5.69 Å². The third-order valence-corrected chi connectivity index (χ3v) is 3.99. The summed E-state index contributed by atoms with van der Waals surface area (Å²) in [7, 11) is 0. The number of nitrogens with one attached hydrogen (secondary N) is 2. The summed E-state index contributed by atoms with van der Waals surface area (Å²) in [6, 6.07) is 5.82. The van der Waals surface area contributed by atoms with Gasteiger partial charge in [-0.15, -0.1) is 0 Å². The Hall–Kier alpha value is -1.26. The summed E-state index contributed by atoms with van der Waals surface area (Å²) < 4.78 is 1.89. The summed E-state index contributed by atoms with van der Waals surface area (Å²) in [5, 5.41) is 4.00. The molecule has 2 heterocycles. The Balaban J connectivity index is 2.16. The molecule has 4 nitrogen and oxygen atoms in total. The number of H-pyrrole nitrogens is 1. The number of imidazole rings is 1. The fraction of sp³-hybridized carbons (Fsp3) is 0.462. The molecule has 2 N–H and O–H groups in total. The Labute approximate surface area is 110 Å². The maximum atomic E-state index is 12.1. The summed E-state index contributed by atoms with van der Waals surface area (Å²) in [5.41, 5.74) is 1.73. The minimum Gasteiger partial charge on any atom is -0.316 e. The highest BCUT2D eigenvalue weighted by Crippen LogP contribution is 2.27. The highest BCUT2D eigenvalue weighted by Gasteiger charge is 2.25. The molecule has 0 saturated carbocycles. The Morgan fingerprint density at radius 1 is 1.44 bits per heavy atom. The molecule has 1 aliphatic heterocycles. The Morgan fingerprint density at radius 3 is 3.06 bits per heavy atom. The molecule has 96 valence electrons. The molecule has 0 spiro atoms. The van der Waals surface area contributed by atoms with Crippen molar-refractivity contribution in [3.05, 3.63) is 33.7 Å². The molecular weight excluding hydrogens is 250 g/mol. The topological polar surface area (TPSA) is 49.8 Å². The quantitative estimate of drug-likeness (QED) is 0.830. The minimum absolute atomic E-state index is 0.0361. The van der Waals surface area contributed by atoms with Gasteiger partial charge in [0.25, 0.3) is 0 Å². The van der Waals surface area contributed by atoms with Crippen molar-refractivity contribution >= 4 is 22.6 Å². The second kappa shape index (κ2) is 4.44. The molecule has 0 bridgehead atoms. The van der Waals surface area contributed by atoms with Gasteiger partial charge in [0.15, 0.2) is 0 Å².